The molecule has 4 heteroatoms. The highest BCUT2D eigenvalue weighted by Crippen LogP contribution is 2.28. The van der Waals surface area contributed by atoms with Gasteiger partial charge in [-0.2, -0.15) is 0 Å². The van der Waals surface area contributed by atoms with Crippen molar-refractivity contribution in [2.24, 2.45) is 0 Å². The lowest BCUT2D eigenvalue weighted by Gasteiger charge is -2.05. The lowest BCUT2D eigenvalue weighted by Crippen LogP contribution is -2.07. The van der Waals surface area contributed by atoms with Crippen molar-refractivity contribution in [2.75, 3.05) is 0 Å². The van der Waals surface area contributed by atoms with Crippen molar-refractivity contribution in [2.45, 2.75) is 0 Å². The first-order chi connectivity index (χ1) is 7.70. The maximum absolute atomic E-state index is 12.1. The first-order valence-corrected chi connectivity index (χ1v) is 5.99. The Morgan fingerprint density at radius 3 is 1.50 bits per heavy atom. The van der Waals surface area contributed by atoms with Crippen LogP contribution in [-0.4, -0.2) is 10.2 Å². The second kappa shape index (κ2) is 4.33. The first-order valence-electron chi connectivity index (χ1n) is 4.73. The van der Waals surface area contributed by atoms with Crippen LogP contribution in [0.5, 0.6) is 11.5 Å². The molecule has 0 unspecified atom stereocenters. The van der Waals surface area contributed by atoms with E-state index >= 15 is 0 Å². The fourth-order valence-corrected chi connectivity index (χ4v) is 2.67. The van der Waals surface area contributed by atoms with Crippen LogP contribution in [0.4, 0.5) is 0 Å². The van der Waals surface area contributed by atoms with Crippen molar-refractivity contribution in [1.29, 1.82) is 0 Å². The molecule has 0 heterocycles. The number of phenols is 2. The van der Waals surface area contributed by atoms with Crippen molar-refractivity contribution in [3.63, 3.8) is 0 Å². The number of hydrogen-bond acceptors (Lipinski definition) is 3. The Labute approximate surface area is 93.8 Å². The van der Waals surface area contributed by atoms with Crippen LogP contribution in [0.15, 0.2) is 48.5 Å². The normalized spacial score (nSPS) is 10.0. The van der Waals surface area contributed by atoms with E-state index in [1.54, 1.807) is 36.4 Å². The maximum atomic E-state index is 12.1. The van der Waals surface area contributed by atoms with E-state index in [4.69, 9.17) is 0 Å². The first kappa shape index (κ1) is 10.7. The number of benzene rings is 2. The third-order valence-electron chi connectivity index (χ3n) is 2.20. The zero-order valence-electron chi connectivity index (χ0n) is 8.37. The van der Waals surface area contributed by atoms with Gasteiger partial charge in [-0.1, -0.05) is 24.3 Å². The number of phenolic OH excluding ortho intramolecular Hbond substituents is 2. The number of para-hydroxylation sites is 2. The van der Waals surface area contributed by atoms with Gasteiger partial charge in [0, 0.05) is 0 Å². The smallest absolute Gasteiger partial charge is 0.144 e. The molecule has 81 valence electrons. The highest BCUT2D eigenvalue weighted by atomic mass is 31.1. The van der Waals surface area contributed by atoms with Crippen LogP contribution in [0.1, 0.15) is 0 Å². The summed E-state index contributed by atoms with van der Waals surface area (Å²) < 4.78 is 12.1. The van der Waals surface area contributed by atoms with Crippen molar-refractivity contribution in [1.82, 2.24) is 0 Å². The zero-order valence-corrected chi connectivity index (χ0v) is 9.26. The van der Waals surface area contributed by atoms with E-state index in [-0.39, 0.29) is 11.5 Å². The second-order valence-electron chi connectivity index (χ2n) is 3.27. The van der Waals surface area contributed by atoms with Gasteiger partial charge in [-0.3, -0.25) is 4.57 Å². The summed E-state index contributed by atoms with van der Waals surface area (Å²) in [6.07, 6.45) is 0. The van der Waals surface area contributed by atoms with Crippen LogP contribution in [0.2, 0.25) is 0 Å². The van der Waals surface area contributed by atoms with Crippen LogP contribution >= 0.6 is 7.80 Å². The summed E-state index contributed by atoms with van der Waals surface area (Å²) in [4.78, 5) is 0. The highest BCUT2D eigenvalue weighted by molar-refractivity contribution is 7.62. The summed E-state index contributed by atoms with van der Waals surface area (Å²) in [5.41, 5.74) is 0. The molecule has 0 aliphatic carbocycles. The van der Waals surface area contributed by atoms with Crippen LogP contribution in [-0.2, 0) is 4.57 Å². The largest absolute Gasteiger partial charge is 0.507 e. The molecular formula is C12H10O3P. The summed E-state index contributed by atoms with van der Waals surface area (Å²) in [5, 5.41) is 19.8. The Morgan fingerprint density at radius 1 is 0.750 bits per heavy atom. The molecule has 0 aliphatic rings. The standard InChI is InChI=1S/C12H10O3P/c13-9-5-1-3-7-11(9)16(15)12-8-4-2-6-10(12)14/h1-8,13-14H. The third kappa shape index (κ3) is 1.90. The van der Waals surface area contributed by atoms with E-state index in [0.717, 1.165) is 0 Å². The number of rotatable bonds is 2. The third-order valence-corrected chi connectivity index (χ3v) is 3.83. The van der Waals surface area contributed by atoms with Crippen LogP contribution < -0.4 is 10.6 Å². The number of aromatic hydroxyl groups is 2. The molecule has 0 bridgehead atoms. The lowest BCUT2D eigenvalue weighted by atomic mass is 10.3. The zero-order chi connectivity index (χ0) is 11.5. The van der Waals surface area contributed by atoms with Crippen LogP contribution in [0, 0.1) is 0 Å². The molecule has 16 heavy (non-hydrogen) atoms. The van der Waals surface area contributed by atoms with Gasteiger partial charge >= 0.3 is 0 Å². The Balaban J connectivity index is 2.48. The molecule has 2 aromatic rings. The molecule has 0 amide bonds. The highest BCUT2D eigenvalue weighted by Gasteiger charge is 2.14. The molecule has 0 atom stereocenters. The van der Waals surface area contributed by atoms with E-state index in [1.165, 1.54) is 12.1 Å². The molecule has 0 saturated heterocycles. The van der Waals surface area contributed by atoms with E-state index in [9.17, 15) is 14.8 Å². The van der Waals surface area contributed by atoms with Gasteiger partial charge in [0.2, 0.25) is 0 Å². The minimum Gasteiger partial charge on any atom is -0.507 e. The summed E-state index contributed by atoms with van der Waals surface area (Å²) in [7, 11) is -1.96. The van der Waals surface area contributed by atoms with Gasteiger partial charge in [0.05, 0.1) is 10.6 Å². The van der Waals surface area contributed by atoms with Crippen LogP contribution in [0.25, 0.3) is 0 Å². The Bertz CT molecular complexity index is 490. The molecule has 2 aromatic carbocycles. The van der Waals surface area contributed by atoms with Crippen molar-refractivity contribution >= 4 is 18.4 Å². The molecular weight excluding hydrogens is 223 g/mol. The molecule has 2 rings (SSSR count). The molecule has 3 nitrogen and oxygen atoms in total. The van der Waals surface area contributed by atoms with E-state index in [0.29, 0.717) is 10.6 Å². The van der Waals surface area contributed by atoms with Gasteiger partial charge in [-0.25, -0.2) is 0 Å². The summed E-state index contributed by atoms with van der Waals surface area (Å²) in [6, 6.07) is 12.8. The minimum atomic E-state index is -1.96. The molecule has 2 N–H and O–H groups in total. The number of hydrogen-bond donors (Lipinski definition) is 2. The minimum absolute atomic E-state index is 0.0214. The van der Waals surface area contributed by atoms with Crippen LogP contribution in [0.3, 0.4) is 0 Å². The predicted octanol–water partition coefficient (Wildman–Crippen LogP) is 1.88. The van der Waals surface area contributed by atoms with Gasteiger partial charge < -0.3 is 10.2 Å². The molecule has 0 aromatic heterocycles. The molecule has 0 fully saturated rings. The molecule has 0 spiro atoms. The van der Waals surface area contributed by atoms with Gasteiger partial charge in [-0.05, 0) is 24.3 Å². The van der Waals surface area contributed by atoms with E-state index in [1.807, 2.05) is 0 Å². The monoisotopic (exact) mass is 233 g/mol. The van der Waals surface area contributed by atoms with Gasteiger partial charge in [0.1, 0.15) is 19.3 Å². The second-order valence-corrected chi connectivity index (χ2v) is 4.82. The van der Waals surface area contributed by atoms with Gasteiger partial charge in [0.15, 0.2) is 0 Å². The Hall–Kier alpha value is -1.86. The molecule has 1 radical (unpaired) electrons. The van der Waals surface area contributed by atoms with E-state index in [2.05, 4.69) is 0 Å². The Morgan fingerprint density at radius 2 is 1.12 bits per heavy atom. The van der Waals surface area contributed by atoms with Crippen molar-refractivity contribution in [3.8, 4) is 11.5 Å². The molecule has 0 saturated carbocycles. The fourth-order valence-electron chi connectivity index (χ4n) is 1.40. The Kier molecular flexibility index (Phi) is 2.88. The fraction of sp³-hybridized carbons (Fsp3) is 0. The average molecular weight is 233 g/mol. The van der Waals surface area contributed by atoms with Crippen molar-refractivity contribution < 1.29 is 14.8 Å². The topological polar surface area (TPSA) is 57.5 Å². The maximum Gasteiger partial charge on any atom is 0.144 e. The lowest BCUT2D eigenvalue weighted by molar-refractivity contribution is 0.478. The molecule has 0 aliphatic heterocycles. The summed E-state index contributed by atoms with van der Waals surface area (Å²) >= 11 is 0. The van der Waals surface area contributed by atoms with Gasteiger partial charge in [-0.15, -0.1) is 0 Å². The predicted molar refractivity (Wildman–Crippen MR) is 63.1 cm³/mol. The summed E-state index contributed by atoms with van der Waals surface area (Å²) in [5.74, 6) is -0.0428. The quantitative estimate of drug-likeness (QED) is 0.778. The van der Waals surface area contributed by atoms with E-state index < -0.39 is 7.80 Å². The average Bonchev–Trinajstić information content (AvgIpc) is 2.29. The van der Waals surface area contributed by atoms with Crippen molar-refractivity contribution in [3.05, 3.63) is 48.5 Å². The van der Waals surface area contributed by atoms with Gasteiger partial charge in [0.25, 0.3) is 0 Å². The SMILES string of the molecule is O=[P](c1ccccc1O)c1ccccc1O. The summed E-state index contributed by atoms with van der Waals surface area (Å²) in [6.45, 7) is 0.